The Bertz CT molecular complexity index is 1400. The lowest BCUT2D eigenvalue weighted by molar-refractivity contribution is 0.134. The predicted octanol–water partition coefficient (Wildman–Crippen LogP) is 4.84. The molecule has 0 N–H and O–H groups in total. The molecule has 3 fully saturated rings. The summed E-state index contributed by atoms with van der Waals surface area (Å²) in [6.45, 7) is 42.7. The van der Waals surface area contributed by atoms with Crippen molar-refractivity contribution in [1.29, 1.82) is 0 Å². The van der Waals surface area contributed by atoms with Crippen LogP contribution < -0.4 is 0 Å². The van der Waals surface area contributed by atoms with Crippen LogP contribution in [0.4, 0.5) is 0 Å². The van der Waals surface area contributed by atoms with Crippen LogP contribution in [0, 0.1) is 0 Å². The molecule has 3 heterocycles. The van der Waals surface area contributed by atoms with Crippen molar-refractivity contribution < 1.29 is 79.1 Å². The average Bonchev–Trinajstić information content (AvgIpc) is 3.18. The van der Waals surface area contributed by atoms with E-state index >= 15 is 0 Å². The van der Waals surface area contributed by atoms with E-state index < -0.39 is 154 Å². The van der Waals surface area contributed by atoms with Crippen LogP contribution in [0.2, 0.25) is 166 Å². The van der Waals surface area contributed by atoms with E-state index in [0.717, 1.165) is 54.4 Å². The van der Waals surface area contributed by atoms with Crippen molar-refractivity contribution in [3.8, 4) is 0 Å². The zero-order valence-corrected chi connectivity index (χ0v) is 67.2. The first-order valence-electron chi connectivity index (χ1n) is 24.9. The molecule has 13 radical (unpaired) electrons. The molecule has 10 unspecified atom stereocenters. The minimum atomic E-state index is -3.95. The van der Waals surface area contributed by atoms with E-state index in [2.05, 4.69) is 112 Å². The molecule has 3 aliphatic heterocycles. The Hall–Kier alpha value is 3.58. The number of rotatable bonds is 29. The fourth-order valence-corrected chi connectivity index (χ4v) is 65.1. The first kappa shape index (κ1) is 68.8. The molecule has 3 rings (SSSR count). The van der Waals surface area contributed by atoms with Gasteiger partial charge < -0.3 is 79.1 Å². The maximum atomic E-state index is 7.01. The van der Waals surface area contributed by atoms with Crippen LogP contribution in [-0.4, -0.2) is 202 Å². The van der Waals surface area contributed by atoms with Gasteiger partial charge in [-0.1, -0.05) is 0 Å². The Balaban J connectivity index is 1.65. The Kier molecular flexibility index (Phi) is 31.9. The summed E-state index contributed by atoms with van der Waals surface area (Å²) in [5.74, 6) is 0. The second-order valence-electron chi connectivity index (χ2n) is 21.1. The summed E-state index contributed by atoms with van der Waals surface area (Å²) in [6.07, 6.45) is 0.516. The number of hydrogen-bond donors (Lipinski definition) is 0. The average molecular weight is 1340 g/mol. The van der Waals surface area contributed by atoms with Gasteiger partial charge in [-0.25, -0.2) is 0 Å². The summed E-state index contributed by atoms with van der Waals surface area (Å²) < 4.78 is 122. The second kappa shape index (κ2) is 32.9. The normalized spacial score (nSPS) is 29.2. The molecule has 0 saturated carbocycles. The fraction of sp³-hybridized carbons (Fsp3) is 1.00. The molecule has 0 aliphatic carbocycles. The van der Waals surface area contributed by atoms with Gasteiger partial charge in [0.2, 0.25) is 9.76 Å². The molecule has 0 bridgehead atoms. The Morgan fingerprint density at radius 1 is 0.465 bits per heavy atom. The topological polar surface area (TPSA) is 175 Å². The lowest BCUT2D eigenvalue weighted by Gasteiger charge is -2.41. The second-order valence-corrected chi connectivity index (χ2v) is 69.1. The first-order valence-corrected chi connectivity index (χ1v) is 64.4. The van der Waals surface area contributed by atoms with E-state index in [1.807, 2.05) is 19.6 Å². The van der Waals surface area contributed by atoms with Crippen molar-refractivity contribution in [3.63, 3.8) is 0 Å². The van der Waals surface area contributed by atoms with Crippen LogP contribution in [-0.2, 0) is 79.1 Å². The highest BCUT2D eigenvalue weighted by Gasteiger charge is 2.53. The van der Waals surface area contributed by atoms with Crippen LogP contribution in [0.5, 0.6) is 0 Å². The van der Waals surface area contributed by atoms with Gasteiger partial charge in [0, 0.05) is 18.3 Å². The van der Waals surface area contributed by atoms with Gasteiger partial charge in [-0.2, -0.15) is 0 Å². The highest BCUT2D eigenvalue weighted by atomic mass is 28.5. The van der Waals surface area contributed by atoms with Gasteiger partial charge in [-0.05, 0) is 186 Å². The molecule has 0 amide bonds. The van der Waals surface area contributed by atoms with E-state index in [1.54, 1.807) is 0 Å². The standard InChI is InChI=1S/C32H87O19Si20/c1-30-27-59(7)45-65(46-60(8)33-30)23-25-67(13,14)40-54-37-56-42-71(38-52-4,41-55-36-53-39-66(11,12)24-21-63-34-31(2)28-57(5)43-61(9)47-63)51-70(19,20)50-69(17,18)49-68(15,16)26-22-64-35-32(3)29-58(6)44-62(10)48-64/h30-32,57-62H,21-29H2,1-20H3. The maximum absolute atomic E-state index is 7.01. The summed E-state index contributed by atoms with van der Waals surface area (Å²) in [5.41, 5.74) is 0. The smallest absolute Gasteiger partial charge is 0.441 e. The minimum Gasteiger partial charge on any atom is -0.441 e. The lowest BCUT2D eigenvalue weighted by Crippen LogP contribution is -2.62. The van der Waals surface area contributed by atoms with Gasteiger partial charge in [0.05, 0.1) is 0 Å². The van der Waals surface area contributed by atoms with Gasteiger partial charge in [-0.3, -0.25) is 0 Å². The van der Waals surface area contributed by atoms with E-state index in [1.165, 1.54) is 0 Å². The maximum Gasteiger partial charge on any atom is 0.641 e. The van der Waals surface area contributed by atoms with Crippen LogP contribution in [0.3, 0.4) is 0 Å². The lowest BCUT2D eigenvalue weighted by atomic mass is 10.5. The van der Waals surface area contributed by atoms with Crippen molar-refractivity contribution >= 4 is 184 Å². The Morgan fingerprint density at radius 3 is 1.35 bits per heavy atom. The Morgan fingerprint density at radius 2 is 0.873 bits per heavy atom. The molecule has 3 aliphatic rings. The summed E-state index contributed by atoms with van der Waals surface area (Å²) in [6, 6.07) is 8.23. The molecule has 0 aromatic carbocycles. The highest BCUT2D eigenvalue weighted by Crippen LogP contribution is 2.29. The van der Waals surface area contributed by atoms with Crippen molar-refractivity contribution in [3.05, 3.63) is 0 Å². The molecule has 19 nitrogen and oxygen atoms in total. The van der Waals surface area contributed by atoms with Crippen molar-refractivity contribution in [2.75, 3.05) is 0 Å². The van der Waals surface area contributed by atoms with E-state index in [4.69, 9.17) is 79.1 Å². The van der Waals surface area contributed by atoms with Crippen molar-refractivity contribution in [2.24, 2.45) is 0 Å². The number of hydrogen-bond acceptors (Lipinski definition) is 19. The van der Waals surface area contributed by atoms with Gasteiger partial charge in [0.25, 0.3) is 18.6 Å². The van der Waals surface area contributed by atoms with Crippen LogP contribution in [0.15, 0.2) is 0 Å². The summed E-state index contributed by atoms with van der Waals surface area (Å²) in [7, 11) is -31.2. The Labute approximate surface area is 463 Å². The third-order valence-corrected chi connectivity index (χ3v) is 63.3. The SMILES string of the molecule is C[Si]O[Si](O[Si]O[Si]O[Si](C)(C)CC[Si]1O[SiH](C)CC(C)O[SiH](C)O1)(O[Si]O[Si]O[Si](C)(C)CC[Si]1OC(C)C[SiH](C)O[SiH](C)O1)O[Si](C)(C)O[Si](C)(C)O[Si](C)(C)CC[Si]1OC(C)C[SiH](C)O[SiH](C)O1. The third-order valence-electron chi connectivity index (χ3n) is 10.7. The molecule has 10 atom stereocenters. The van der Waals surface area contributed by atoms with Crippen LogP contribution >= 0.6 is 0 Å². The zero-order chi connectivity index (χ0) is 53.3. The summed E-state index contributed by atoms with van der Waals surface area (Å²) in [5, 5.41) is 0. The molecule has 3 saturated heterocycles. The van der Waals surface area contributed by atoms with Crippen LogP contribution in [0.25, 0.3) is 0 Å². The van der Waals surface area contributed by atoms with Gasteiger partial charge in [-0.15, -0.1) is 0 Å². The molecule has 0 aromatic rings. The van der Waals surface area contributed by atoms with Crippen molar-refractivity contribution in [1.82, 2.24) is 0 Å². The predicted molar refractivity (Wildman–Crippen MR) is 315 cm³/mol. The van der Waals surface area contributed by atoms with E-state index in [-0.39, 0.29) is 48.1 Å². The third kappa shape index (κ3) is 30.3. The molecule has 0 aromatic heterocycles. The molecular formula is C32H87O19Si20. The molecule has 0 spiro atoms. The monoisotopic (exact) mass is 1340 g/mol. The quantitative estimate of drug-likeness (QED) is 0.0734. The van der Waals surface area contributed by atoms with Crippen molar-refractivity contribution in [2.45, 2.75) is 205 Å². The largest absolute Gasteiger partial charge is 0.641 e. The highest BCUT2D eigenvalue weighted by molar-refractivity contribution is 6.89. The first-order chi connectivity index (χ1) is 32.9. The van der Waals surface area contributed by atoms with E-state index in [9.17, 15) is 0 Å². The molecular weight excluding hydrogens is 1250 g/mol. The van der Waals surface area contributed by atoms with Gasteiger partial charge in [0.1, 0.15) is 0 Å². The summed E-state index contributed by atoms with van der Waals surface area (Å²) in [4.78, 5) is 0. The molecule has 39 heteroatoms. The van der Waals surface area contributed by atoms with Gasteiger partial charge >= 0.3 is 103 Å². The zero-order valence-electron chi connectivity index (χ0n) is 46.3. The summed E-state index contributed by atoms with van der Waals surface area (Å²) >= 11 is 0. The molecule has 71 heavy (non-hydrogen) atoms. The molecule has 409 valence electrons. The van der Waals surface area contributed by atoms with Crippen LogP contribution in [0.1, 0.15) is 20.8 Å². The van der Waals surface area contributed by atoms with E-state index in [0.29, 0.717) is 0 Å². The minimum absolute atomic E-state index is 0.0129. The van der Waals surface area contributed by atoms with Gasteiger partial charge in [0.15, 0.2) is 52.1 Å². The fourth-order valence-electron chi connectivity index (χ4n) is 8.10.